The van der Waals surface area contributed by atoms with E-state index < -0.39 is 23.8 Å². The molecule has 188 valence electrons. The van der Waals surface area contributed by atoms with Crippen molar-refractivity contribution in [2.24, 2.45) is 5.92 Å². The summed E-state index contributed by atoms with van der Waals surface area (Å²) in [5.41, 5.74) is 0.421. The molecule has 1 aromatic rings. The van der Waals surface area contributed by atoms with Gasteiger partial charge in [0.15, 0.2) is 0 Å². The van der Waals surface area contributed by atoms with E-state index in [9.17, 15) is 14.4 Å². The molecule has 3 atom stereocenters. The van der Waals surface area contributed by atoms with Crippen LogP contribution in [0.1, 0.15) is 84.9 Å². The molecule has 0 fully saturated rings. The smallest absolute Gasteiger partial charge is 0.408 e. The highest BCUT2D eigenvalue weighted by atomic mass is 16.6. The molecule has 3 amide bonds. The Balaban J connectivity index is 3.42. The minimum atomic E-state index is -0.923. The van der Waals surface area contributed by atoms with Crippen LogP contribution in [-0.4, -0.2) is 47.5 Å². The number of benzene rings is 1. The van der Waals surface area contributed by atoms with Crippen LogP contribution < -0.4 is 10.6 Å². The van der Waals surface area contributed by atoms with Gasteiger partial charge in [0.25, 0.3) is 0 Å². The molecule has 0 aliphatic heterocycles. The number of hydrogen-bond acceptors (Lipinski definition) is 4. The van der Waals surface area contributed by atoms with Gasteiger partial charge < -0.3 is 20.3 Å². The normalized spacial score (nSPS) is 13.7. The largest absolute Gasteiger partial charge is 0.444 e. The van der Waals surface area contributed by atoms with Crippen molar-refractivity contribution < 1.29 is 19.1 Å². The zero-order valence-corrected chi connectivity index (χ0v) is 21.7. The molecule has 0 radical (unpaired) electrons. The van der Waals surface area contributed by atoms with Crippen LogP contribution in [0.5, 0.6) is 0 Å². The first-order valence-electron chi connectivity index (χ1n) is 12.1. The van der Waals surface area contributed by atoms with E-state index in [0.29, 0.717) is 24.1 Å². The monoisotopic (exact) mass is 471 g/mol. The van der Waals surface area contributed by atoms with Crippen molar-refractivity contribution in [3.05, 3.63) is 35.4 Å². The lowest BCUT2D eigenvalue weighted by molar-refractivity contribution is -0.143. The first-order valence-corrected chi connectivity index (χ1v) is 12.1. The average molecular weight is 472 g/mol. The van der Waals surface area contributed by atoms with Crippen LogP contribution in [0.25, 0.3) is 0 Å². The molecule has 2 N–H and O–H groups in total. The fourth-order valence-corrected chi connectivity index (χ4v) is 3.56. The van der Waals surface area contributed by atoms with E-state index in [1.807, 2.05) is 27.7 Å². The van der Waals surface area contributed by atoms with Gasteiger partial charge in [-0.2, -0.15) is 0 Å². The van der Waals surface area contributed by atoms with Crippen molar-refractivity contribution in [1.82, 2.24) is 15.5 Å². The van der Waals surface area contributed by atoms with E-state index in [1.165, 1.54) is 4.90 Å². The highest BCUT2D eigenvalue weighted by Crippen LogP contribution is 2.27. The zero-order valence-electron chi connectivity index (χ0n) is 21.7. The highest BCUT2D eigenvalue weighted by Gasteiger charge is 2.38. The molecule has 0 aliphatic carbocycles. The number of carbonyl (C=O) groups excluding carboxylic acids is 3. The van der Waals surface area contributed by atoms with Gasteiger partial charge in [-0.25, -0.2) is 4.79 Å². The van der Waals surface area contributed by atoms with E-state index in [2.05, 4.69) is 16.6 Å². The average Bonchev–Trinajstić information content (AvgIpc) is 2.78. The minimum absolute atomic E-state index is 0.180. The quantitative estimate of drug-likeness (QED) is 0.370. The van der Waals surface area contributed by atoms with E-state index in [-0.39, 0.29) is 24.3 Å². The fourth-order valence-electron chi connectivity index (χ4n) is 3.56. The van der Waals surface area contributed by atoms with Gasteiger partial charge in [-0.3, -0.25) is 9.59 Å². The first kappa shape index (κ1) is 29.0. The Morgan fingerprint density at radius 3 is 2.32 bits per heavy atom. The SMILES string of the molecule is C#Cc1ccccc1C(C(=O)NCCCC)N(CC)C(=O)C(NC(=O)OC(C)(C)C)C(C)CC. The molecule has 7 nitrogen and oxygen atoms in total. The molecule has 0 aliphatic rings. The maximum atomic E-state index is 13.8. The summed E-state index contributed by atoms with van der Waals surface area (Å²) in [5.74, 6) is 1.79. The minimum Gasteiger partial charge on any atom is -0.444 e. The summed E-state index contributed by atoms with van der Waals surface area (Å²) in [7, 11) is 0. The number of carbonyl (C=O) groups is 3. The van der Waals surface area contributed by atoms with Crippen molar-refractivity contribution >= 4 is 17.9 Å². The number of terminal acetylenes is 1. The Morgan fingerprint density at radius 2 is 1.79 bits per heavy atom. The summed E-state index contributed by atoms with van der Waals surface area (Å²) in [5, 5.41) is 5.68. The third-order valence-corrected chi connectivity index (χ3v) is 5.58. The molecule has 7 heteroatoms. The molecule has 1 aromatic carbocycles. The number of likely N-dealkylation sites (N-methyl/N-ethyl adjacent to an activating group) is 1. The molecule has 0 spiro atoms. The van der Waals surface area contributed by atoms with Crippen LogP contribution in [0, 0.1) is 18.3 Å². The van der Waals surface area contributed by atoms with E-state index in [0.717, 1.165) is 12.8 Å². The van der Waals surface area contributed by atoms with Crippen molar-refractivity contribution in [2.45, 2.75) is 85.4 Å². The Hall–Kier alpha value is -3.01. The summed E-state index contributed by atoms with van der Waals surface area (Å²) in [4.78, 5) is 41.3. The van der Waals surface area contributed by atoms with Crippen LogP contribution >= 0.6 is 0 Å². The highest BCUT2D eigenvalue weighted by molar-refractivity contribution is 5.92. The van der Waals surface area contributed by atoms with Crippen LogP contribution in [0.15, 0.2) is 24.3 Å². The van der Waals surface area contributed by atoms with Gasteiger partial charge in [0.05, 0.1) is 0 Å². The predicted octanol–water partition coefficient (Wildman–Crippen LogP) is 4.41. The maximum absolute atomic E-state index is 13.8. The number of rotatable bonds is 11. The lowest BCUT2D eigenvalue weighted by Gasteiger charge is -2.35. The summed E-state index contributed by atoms with van der Waals surface area (Å²) in [6, 6.07) is 5.35. The Bertz CT molecular complexity index is 869. The van der Waals surface area contributed by atoms with Gasteiger partial charge >= 0.3 is 6.09 Å². The third kappa shape index (κ3) is 8.40. The summed E-state index contributed by atoms with van der Waals surface area (Å²) in [6.07, 6.45) is 7.46. The number of alkyl carbamates (subject to hydrolysis) is 1. The molecule has 0 saturated heterocycles. The predicted molar refractivity (Wildman–Crippen MR) is 135 cm³/mol. The number of nitrogens with one attached hydrogen (secondary N) is 2. The summed E-state index contributed by atoms with van der Waals surface area (Å²) >= 11 is 0. The van der Waals surface area contributed by atoms with Crippen LogP contribution in [0.3, 0.4) is 0 Å². The van der Waals surface area contributed by atoms with Crippen molar-refractivity contribution in [2.75, 3.05) is 13.1 Å². The molecule has 0 heterocycles. The van der Waals surface area contributed by atoms with E-state index >= 15 is 0 Å². The Kier molecular flexibility index (Phi) is 11.6. The van der Waals surface area contributed by atoms with Gasteiger partial charge in [0, 0.05) is 18.7 Å². The maximum Gasteiger partial charge on any atom is 0.408 e. The number of unbranched alkanes of at least 4 members (excludes halogenated alkanes) is 1. The third-order valence-electron chi connectivity index (χ3n) is 5.58. The summed E-state index contributed by atoms with van der Waals surface area (Å²) in [6.45, 7) is 13.7. The molecule has 34 heavy (non-hydrogen) atoms. The Labute approximate surface area is 205 Å². The lowest BCUT2D eigenvalue weighted by atomic mass is 9.94. The topological polar surface area (TPSA) is 87.7 Å². The molecule has 0 saturated carbocycles. The van der Waals surface area contributed by atoms with Gasteiger partial charge in [0.1, 0.15) is 17.7 Å². The van der Waals surface area contributed by atoms with Crippen LogP contribution in [0.2, 0.25) is 0 Å². The first-order chi connectivity index (χ1) is 16.0. The second kappa shape index (κ2) is 13.6. The number of amides is 3. The fraction of sp³-hybridized carbons (Fsp3) is 0.593. The number of nitrogens with zero attached hydrogens (tertiary/aromatic N) is 1. The van der Waals surface area contributed by atoms with Crippen LogP contribution in [0.4, 0.5) is 4.79 Å². The molecule has 3 unspecified atom stereocenters. The number of hydrogen-bond donors (Lipinski definition) is 2. The number of ether oxygens (including phenoxy) is 1. The molecule has 1 rings (SSSR count). The van der Waals surface area contributed by atoms with Crippen molar-refractivity contribution in [3.63, 3.8) is 0 Å². The van der Waals surface area contributed by atoms with E-state index in [1.54, 1.807) is 45.0 Å². The second-order valence-corrected chi connectivity index (χ2v) is 9.41. The standard InChI is InChI=1S/C27H41N3O4/c1-9-13-18-28-24(31)23(21-17-15-14-16-20(21)11-3)30(12-4)25(32)22(19(5)10-2)29-26(33)34-27(6,7)8/h3,14-17,19,22-23H,9-10,12-13,18H2,1-2,4-8H3,(H,28,31)(H,29,33). The van der Waals surface area contributed by atoms with Gasteiger partial charge in [-0.05, 0) is 51.7 Å². The van der Waals surface area contributed by atoms with Gasteiger partial charge in [0.2, 0.25) is 11.8 Å². The molecule has 0 bridgehead atoms. The zero-order chi connectivity index (χ0) is 25.9. The van der Waals surface area contributed by atoms with Crippen molar-refractivity contribution in [3.8, 4) is 12.3 Å². The van der Waals surface area contributed by atoms with Gasteiger partial charge in [-0.15, -0.1) is 6.42 Å². The second-order valence-electron chi connectivity index (χ2n) is 9.41. The molecule has 0 aromatic heterocycles. The molecular weight excluding hydrogens is 430 g/mol. The Morgan fingerprint density at radius 1 is 1.15 bits per heavy atom. The molecular formula is C27H41N3O4. The van der Waals surface area contributed by atoms with E-state index in [4.69, 9.17) is 11.2 Å². The lowest BCUT2D eigenvalue weighted by Crippen LogP contribution is -2.55. The van der Waals surface area contributed by atoms with Crippen LogP contribution in [-0.2, 0) is 14.3 Å². The van der Waals surface area contributed by atoms with Crippen molar-refractivity contribution in [1.29, 1.82) is 0 Å². The van der Waals surface area contributed by atoms with Gasteiger partial charge in [-0.1, -0.05) is 57.7 Å². The summed E-state index contributed by atoms with van der Waals surface area (Å²) < 4.78 is 5.39.